The zero-order chi connectivity index (χ0) is 53.9. The Morgan fingerprint density at radius 3 is 1.49 bits per heavy atom. The average Bonchev–Trinajstić information content (AvgIpc) is 3.08. The number of fused-ring (bicyclic) bond motifs is 11. The van der Waals surface area contributed by atoms with Gasteiger partial charge >= 0.3 is 0 Å². The summed E-state index contributed by atoms with van der Waals surface area (Å²) < 4.78 is 0. The summed E-state index contributed by atoms with van der Waals surface area (Å²) in [5.74, 6) is 0. The first-order valence-corrected chi connectivity index (χ1v) is 28.6. The highest BCUT2D eigenvalue weighted by atomic mass is 14.5. The molecule has 0 amide bonds. The van der Waals surface area contributed by atoms with Gasteiger partial charge in [0.25, 0.3) is 0 Å². The first-order chi connectivity index (χ1) is 39.1. The predicted octanol–water partition coefficient (Wildman–Crippen LogP) is 20.2. The quantitative estimate of drug-likeness (QED) is 0.135. The smallest absolute Gasteiger partial charge is 0.0622 e. The third kappa shape index (κ3) is 7.21. The van der Waals surface area contributed by atoms with Gasteiger partial charge in [-0.2, -0.15) is 0 Å². The van der Waals surface area contributed by atoms with Crippen LogP contribution in [0.25, 0.3) is 77.5 Å². The van der Waals surface area contributed by atoms with Gasteiger partial charge in [-0.05, 0) is 178 Å². The number of benzene rings is 12. The Hall–Kier alpha value is -9.10. The Bertz CT molecular complexity index is 4420. The van der Waals surface area contributed by atoms with Crippen LogP contribution in [0.15, 0.2) is 261 Å². The molecule has 3 aliphatic carbocycles. The van der Waals surface area contributed by atoms with E-state index < -0.39 is 5.41 Å². The minimum absolute atomic E-state index is 0.0294. The Morgan fingerprint density at radius 2 is 0.800 bits per heavy atom. The first-order valence-electron chi connectivity index (χ1n) is 28.6. The van der Waals surface area contributed by atoms with E-state index in [-0.39, 0.29) is 10.8 Å². The van der Waals surface area contributed by atoms with E-state index in [1.165, 1.54) is 150 Å². The topological polar surface area (TPSA) is 0 Å². The van der Waals surface area contributed by atoms with E-state index in [0.717, 1.165) is 12.8 Å². The number of hydrogen-bond donors (Lipinski definition) is 0. The summed E-state index contributed by atoms with van der Waals surface area (Å²) in [5.41, 5.74) is 32.0. The molecule has 2 unspecified atom stereocenters. The molecule has 0 nitrogen and oxygen atoms in total. The van der Waals surface area contributed by atoms with Crippen molar-refractivity contribution < 1.29 is 0 Å². The van der Waals surface area contributed by atoms with Gasteiger partial charge in [0, 0.05) is 10.8 Å². The second-order valence-corrected chi connectivity index (χ2v) is 23.9. The molecule has 382 valence electrons. The van der Waals surface area contributed by atoms with Gasteiger partial charge in [0.15, 0.2) is 0 Å². The van der Waals surface area contributed by atoms with E-state index in [4.69, 9.17) is 0 Å². The summed E-state index contributed by atoms with van der Waals surface area (Å²) in [6.07, 6.45) is 1.67. The lowest BCUT2D eigenvalue weighted by Gasteiger charge is -2.35. The molecule has 0 fully saturated rings. The van der Waals surface area contributed by atoms with Crippen molar-refractivity contribution in [2.24, 2.45) is 0 Å². The molecule has 12 aromatic carbocycles. The summed E-state index contributed by atoms with van der Waals surface area (Å²) >= 11 is 0. The van der Waals surface area contributed by atoms with Crippen molar-refractivity contribution >= 4 is 10.8 Å². The number of rotatable bonds is 9. The third-order valence-corrected chi connectivity index (χ3v) is 18.8. The van der Waals surface area contributed by atoms with Crippen LogP contribution in [-0.4, -0.2) is 0 Å². The Balaban J connectivity index is 0.879. The Morgan fingerprint density at radius 1 is 0.300 bits per heavy atom. The highest BCUT2D eigenvalue weighted by Gasteiger charge is 2.49. The zero-order valence-corrected chi connectivity index (χ0v) is 46.2. The molecule has 3 aliphatic rings. The third-order valence-electron chi connectivity index (χ3n) is 18.8. The SMILES string of the molecule is Cc1ccc(-c2cc(CC3(C)c4ccccc4-c4c3cc(-c3ccc(C)cc3)c3ccccc43)c3c(c2)C(c2ccccc2)(c2ccc(Cc4ccc(-c5cccc6c5-c5ccccc5C6(C)C)cc4)cc2)c2ccccc2-3)cc1. The predicted molar refractivity (Wildman–Crippen MR) is 336 cm³/mol. The monoisotopic (exact) mass is 1020 g/mol. The summed E-state index contributed by atoms with van der Waals surface area (Å²) in [6, 6.07) is 99.8. The van der Waals surface area contributed by atoms with Gasteiger partial charge in [0.2, 0.25) is 0 Å². The number of hydrogen-bond acceptors (Lipinski definition) is 0. The van der Waals surface area contributed by atoms with Crippen LogP contribution in [-0.2, 0) is 29.1 Å². The van der Waals surface area contributed by atoms with E-state index in [1.54, 1.807) is 0 Å². The average molecular weight is 1020 g/mol. The van der Waals surface area contributed by atoms with Gasteiger partial charge in [-0.1, -0.05) is 281 Å². The second-order valence-electron chi connectivity index (χ2n) is 23.9. The molecule has 0 aliphatic heterocycles. The van der Waals surface area contributed by atoms with E-state index >= 15 is 0 Å². The minimum Gasteiger partial charge on any atom is -0.0622 e. The van der Waals surface area contributed by atoms with Crippen molar-refractivity contribution in [3.8, 4) is 66.8 Å². The molecule has 0 saturated heterocycles. The van der Waals surface area contributed by atoms with Crippen molar-refractivity contribution in [1.82, 2.24) is 0 Å². The van der Waals surface area contributed by atoms with Gasteiger partial charge < -0.3 is 0 Å². The molecule has 0 N–H and O–H groups in total. The molecule has 15 rings (SSSR count). The second kappa shape index (κ2) is 18.2. The minimum atomic E-state index is -0.590. The summed E-state index contributed by atoms with van der Waals surface area (Å²) in [5, 5.41) is 2.61. The van der Waals surface area contributed by atoms with Crippen LogP contribution >= 0.6 is 0 Å². The van der Waals surface area contributed by atoms with E-state index in [2.05, 4.69) is 295 Å². The van der Waals surface area contributed by atoms with Crippen LogP contribution < -0.4 is 0 Å². The molecule has 80 heavy (non-hydrogen) atoms. The lowest BCUT2D eigenvalue weighted by atomic mass is 9.66. The van der Waals surface area contributed by atoms with E-state index in [9.17, 15) is 0 Å². The van der Waals surface area contributed by atoms with E-state index in [0.29, 0.717) is 0 Å². The fourth-order valence-electron chi connectivity index (χ4n) is 14.9. The van der Waals surface area contributed by atoms with Crippen molar-refractivity contribution in [1.29, 1.82) is 0 Å². The van der Waals surface area contributed by atoms with Crippen LogP contribution in [0, 0.1) is 13.8 Å². The fourth-order valence-corrected chi connectivity index (χ4v) is 14.9. The van der Waals surface area contributed by atoms with Crippen molar-refractivity contribution in [3.05, 3.63) is 333 Å². The van der Waals surface area contributed by atoms with Crippen LogP contribution in [0.5, 0.6) is 0 Å². The molecule has 2 atom stereocenters. The van der Waals surface area contributed by atoms with Gasteiger partial charge in [0.05, 0.1) is 5.41 Å². The first kappa shape index (κ1) is 48.1. The summed E-state index contributed by atoms with van der Waals surface area (Å²) in [4.78, 5) is 0. The highest BCUT2D eigenvalue weighted by Crippen LogP contribution is 2.61. The lowest BCUT2D eigenvalue weighted by Crippen LogP contribution is -2.29. The molecule has 0 radical (unpaired) electrons. The van der Waals surface area contributed by atoms with Gasteiger partial charge in [-0.3, -0.25) is 0 Å². The maximum absolute atomic E-state index is 2.55. The standard InChI is InChI=1S/C80H62/c1-51-30-38-55(39-31-51)58-47-59(50-79(5)70-27-15-12-23-66(70)77-64-21-10-9-20-63(64)68(49-73(77)79)57-40-32-52(2)33-41-57)75-67-24-13-16-28-71(67)80(74(75)48-58,60-18-7-6-8-19-60)61-44-36-54(37-45-61)46-53-34-42-56(43-35-53)62-25-17-29-72-76(62)65-22-11-14-26-69(65)78(72,3)4/h6-45,47-49H,46,50H2,1-5H3. The number of aryl methyl sites for hydroxylation is 2. The molecule has 0 spiro atoms. The molecule has 0 bridgehead atoms. The van der Waals surface area contributed by atoms with Crippen LogP contribution in [0.1, 0.15) is 93.1 Å². The Kier molecular flexibility index (Phi) is 11.0. The van der Waals surface area contributed by atoms with Crippen molar-refractivity contribution in [3.63, 3.8) is 0 Å². The normalized spacial score (nSPS) is 16.9. The lowest BCUT2D eigenvalue weighted by molar-refractivity contribution is 0.584. The van der Waals surface area contributed by atoms with Gasteiger partial charge in [-0.25, -0.2) is 0 Å². The molecular formula is C80H62. The maximum atomic E-state index is 2.55. The van der Waals surface area contributed by atoms with Crippen molar-refractivity contribution in [2.45, 2.75) is 63.7 Å². The summed E-state index contributed by atoms with van der Waals surface area (Å²) in [7, 11) is 0. The highest BCUT2D eigenvalue weighted by molar-refractivity contribution is 6.09. The van der Waals surface area contributed by atoms with Gasteiger partial charge in [-0.15, -0.1) is 0 Å². The molecule has 0 heterocycles. The maximum Gasteiger partial charge on any atom is 0.0713 e. The van der Waals surface area contributed by atoms with Crippen LogP contribution in [0.3, 0.4) is 0 Å². The molecule has 0 aromatic heterocycles. The zero-order valence-electron chi connectivity index (χ0n) is 46.2. The largest absolute Gasteiger partial charge is 0.0713 e. The Labute approximate surface area is 471 Å². The van der Waals surface area contributed by atoms with Crippen molar-refractivity contribution in [2.75, 3.05) is 0 Å². The summed E-state index contributed by atoms with van der Waals surface area (Å²) in [6.45, 7) is 11.6. The molecular weight excluding hydrogens is 961 g/mol. The molecule has 0 heteroatoms. The van der Waals surface area contributed by atoms with Crippen LogP contribution in [0.4, 0.5) is 0 Å². The van der Waals surface area contributed by atoms with Crippen LogP contribution in [0.2, 0.25) is 0 Å². The molecule has 0 saturated carbocycles. The van der Waals surface area contributed by atoms with Gasteiger partial charge in [0.1, 0.15) is 0 Å². The molecule has 12 aromatic rings. The fraction of sp³-hybridized carbons (Fsp3) is 0.125. The van der Waals surface area contributed by atoms with E-state index in [1.807, 2.05) is 0 Å².